The van der Waals surface area contributed by atoms with Crippen molar-refractivity contribution in [2.45, 2.75) is 217 Å². The summed E-state index contributed by atoms with van der Waals surface area (Å²) in [6.07, 6.45) is -36.2. The van der Waals surface area contributed by atoms with Gasteiger partial charge in [-0.2, -0.15) is 127 Å². The van der Waals surface area contributed by atoms with Gasteiger partial charge in [0.2, 0.25) is 0 Å². The standard InChI is InChI=1S/C46H60NP.C32H12BF24.C8H12.Ir/c1-42(2,3)33-23-34(43(4,5)6)26-37(25-33)48(38-27-35(44(7,8)9)24-36(28-38)45(10,11)12)39-18-14-16-31-20-22-46(41(31)39)21-19-30-15-13-17-32(29-47)40(30)46;34-25(35,36)13-1-14(26(37,38)39)6-21(5-13)33(22-7-15(27(40,41)42)2-16(8-22)28(43,44)45,23-9-17(29(46,47)48)3-18(10-23)30(49,50)51)24-11-19(31(52,53)54)4-20(12-24)32(55,56)57;1-2-4-6-8-7-5-3-1;/h13-18,23-28H,19-22,29,47H2,1-12H3;1-12H;1-2,7-8H,3-6H2;/q;-1;;. The number of halogens is 24. The zero-order chi connectivity index (χ0) is 84.6. The molecular formula is C86H84BF24IrNP-. The number of aryl methyl sites for hydroxylation is 2. The predicted molar refractivity (Wildman–Crippen MR) is 397 cm³/mol. The van der Waals surface area contributed by atoms with Gasteiger partial charge in [0.05, 0.1) is 44.5 Å². The number of hydrogen-bond acceptors (Lipinski definition) is 1. The summed E-state index contributed by atoms with van der Waals surface area (Å²) < 4.78 is 341. The van der Waals surface area contributed by atoms with Crippen molar-refractivity contribution in [1.29, 1.82) is 0 Å². The van der Waals surface area contributed by atoms with Crippen molar-refractivity contribution >= 4 is 51.8 Å². The van der Waals surface area contributed by atoms with Gasteiger partial charge in [0.25, 0.3) is 0 Å². The summed E-state index contributed by atoms with van der Waals surface area (Å²) in [6.45, 7) is 29.1. The van der Waals surface area contributed by atoms with Crippen LogP contribution in [-0.2, 0) is 116 Å². The Morgan fingerprint density at radius 3 is 0.763 bits per heavy atom. The third kappa shape index (κ3) is 20.6. The van der Waals surface area contributed by atoms with Gasteiger partial charge in [-0.15, -0.1) is 0 Å². The van der Waals surface area contributed by atoms with Crippen LogP contribution in [0, 0.1) is 25.7 Å². The molecule has 0 saturated heterocycles. The van der Waals surface area contributed by atoms with E-state index in [1.165, 1.54) is 82.5 Å². The van der Waals surface area contributed by atoms with Gasteiger partial charge in [-0.1, -0.05) is 204 Å². The van der Waals surface area contributed by atoms with E-state index < -0.39 is 203 Å². The first-order valence-corrected chi connectivity index (χ1v) is 37.6. The molecule has 8 aromatic rings. The maximum Gasteiger partial charge on any atom is 0.416 e. The van der Waals surface area contributed by atoms with Crippen molar-refractivity contribution in [3.63, 3.8) is 0 Å². The SMILES string of the molecule is CC(C)(C)c1cc(P(c2cc(C(C)(C)C)cc(C(C)(C)C)c2)c2cccc3c2C2(CCc4cccc(CN)c42)CC3)cc(C(C)(C)C)c1.FC(F)(F)c1cc([B-](c2cc(C(F)(F)F)cc(C(F)(F)F)c2)(c2cc(C(F)(F)F)cc(C(F)(F)F)c2)c2cc(C(F)(F)F)cc(C(F)(F)F)c2)cc(C(F)(F)F)c1.[CH]1[CH]CC[CH][CH]CC1.[Ir]. The molecule has 0 aliphatic heterocycles. The van der Waals surface area contributed by atoms with E-state index in [-0.39, 0.29) is 47.2 Å². The smallest absolute Gasteiger partial charge is 0.326 e. The predicted octanol–water partition coefficient (Wildman–Crippen LogP) is 23.9. The van der Waals surface area contributed by atoms with Crippen molar-refractivity contribution in [3.05, 3.63) is 266 Å². The first-order chi connectivity index (χ1) is 51.5. The number of rotatable bonds is 8. The molecule has 1 atom stereocenters. The van der Waals surface area contributed by atoms with Crippen LogP contribution in [0.15, 0.2) is 146 Å². The molecule has 1 saturated carbocycles. The Morgan fingerprint density at radius 1 is 0.307 bits per heavy atom. The third-order valence-corrected chi connectivity index (χ3v) is 23.4. The maximum atomic E-state index is 14.2. The van der Waals surface area contributed by atoms with Gasteiger partial charge in [-0.05, 0) is 197 Å². The molecule has 0 aromatic heterocycles. The van der Waals surface area contributed by atoms with Gasteiger partial charge in [-0.3, -0.25) is 0 Å². The third-order valence-electron chi connectivity index (χ3n) is 21.0. The van der Waals surface area contributed by atoms with Gasteiger partial charge in [-0.25, -0.2) is 0 Å². The minimum Gasteiger partial charge on any atom is -0.326 e. The van der Waals surface area contributed by atoms with Gasteiger partial charge >= 0.3 is 49.4 Å². The zero-order valence-corrected chi connectivity index (χ0v) is 67.3. The summed E-state index contributed by atoms with van der Waals surface area (Å²) in [6, 6.07) is 20.7. The monoisotopic (exact) mass is 1820 g/mol. The topological polar surface area (TPSA) is 26.0 Å². The molecule has 2 N–H and O–H groups in total. The van der Waals surface area contributed by atoms with E-state index in [0.29, 0.717) is 6.54 Å². The molecule has 1 fully saturated rings. The van der Waals surface area contributed by atoms with E-state index in [1.807, 2.05) is 0 Å². The number of hydrogen-bond donors (Lipinski definition) is 1. The number of benzene rings is 8. The molecule has 619 valence electrons. The average Bonchev–Trinajstić information content (AvgIpc) is 1.16. The van der Waals surface area contributed by atoms with Gasteiger partial charge in [0.1, 0.15) is 6.15 Å². The fourth-order valence-corrected chi connectivity index (χ4v) is 17.9. The van der Waals surface area contributed by atoms with E-state index in [2.05, 4.69) is 182 Å². The number of nitrogens with two attached hydrogens (primary N) is 1. The molecule has 8 aromatic carbocycles. The van der Waals surface area contributed by atoms with Crippen LogP contribution < -0.4 is 43.5 Å². The van der Waals surface area contributed by atoms with Crippen LogP contribution in [0.4, 0.5) is 105 Å². The largest absolute Gasteiger partial charge is 0.416 e. The molecule has 0 amide bonds. The average molecular weight is 1820 g/mol. The van der Waals surface area contributed by atoms with E-state index in [9.17, 15) is 105 Å². The fraction of sp³-hybridized carbons (Fsp3) is 0.395. The second-order valence-electron chi connectivity index (χ2n) is 33.2. The van der Waals surface area contributed by atoms with Gasteiger partial charge < -0.3 is 5.73 Å². The molecule has 1 unspecified atom stereocenters. The Labute approximate surface area is 663 Å². The Morgan fingerprint density at radius 2 is 0.535 bits per heavy atom. The normalized spacial score (nSPS) is 16.5. The Balaban J connectivity index is 0.000000260. The van der Waals surface area contributed by atoms with Crippen molar-refractivity contribution in [3.8, 4) is 0 Å². The van der Waals surface area contributed by atoms with E-state index in [1.54, 1.807) is 22.0 Å². The van der Waals surface area contributed by atoms with Crippen molar-refractivity contribution in [2.24, 2.45) is 5.73 Å². The van der Waals surface area contributed by atoms with Crippen LogP contribution in [0.2, 0.25) is 0 Å². The number of fused-ring (bicyclic) bond motifs is 4. The summed E-state index contributed by atoms with van der Waals surface area (Å²) >= 11 is 0. The molecule has 0 bridgehead atoms. The molecule has 11 rings (SSSR count). The molecule has 3 aliphatic carbocycles. The van der Waals surface area contributed by atoms with Crippen molar-refractivity contribution in [1.82, 2.24) is 0 Å². The summed E-state index contributed by atoms with van der Waals surface area (Å²) in [5.74, 6) is 0. The van der Waals surface area contributed by atoms with Crippen LogP contribution in [0.5, 0.6) is 0 Å². The van der Waals surface area contributed by atoms with E-state index in [4.69, 9.17) is 5.73 Å². The summed E-state index contributed by atoms with van der Waals surface area (Å²) in [5.41, 5.74) is -10.2. The van der Waals surface area contributed by atoms with Gasteiger partial charge in [0, 0.05) is 32.1 Å². The summed E-state index contributed by atoms with van der Waals surface area (Å²) in [7, 11) is -0.879. The maximum absolute atomic E-state index is 14.2. The quantitative estimate of drug-likeness (QED) is 0.0916. The molecule has 5 radical (unpaired) electrons. The summed E-state index contributed by atoms with van der Waals surface area (Å²) in [4.78, 5) is 0. The first-order valence-electron chi connectivity index (χ1n) is 36.2. The second-order valence-corrected chi connectivity index (χ2v) is 35.4. The minimum absolute atomic E-state index is 0. The first kappa shape index (κ1) is 92.7. The summed E-state index contributed by atoms with van der Waals surface area (Å²) in [5, 5.41) is 4.51. The van der Waals surface area contributed by atoms with Crippen LogP contribution in [0.1, 0.15) is 216 Å². The van der Waals surface area contributed by atoms with Gasteiger partial charge in [0.15, 0.2) is 0 Å². The van der Waals surface area contributed by atoms with Crippen LogP contribution in [0.3, 0.4) is 0 Å². The van der Waals surface area contributed by atoms with Crippen LogP contribution in [-0.4, -0.2) is 6.15 Å². The molecule has 1 nitrogen and oxygen atoms in total. The molecule has 28 heteroatoms. The van der Waals surface area contributed by atoms with Crippen molar-refractivity contribution in [2.75, 3.05) is 0 Å². The molecule has 1 spiro atoms. The Bertz CT molecular complexity index is 4150. The van der Waals surface area contributed by atoms with Crippen LogP contribution >= 0.6 is 7.92 Å². The molecule has 3 aliphatic rings. The Hall–Kier alpha value is -6.82. The minimum atomic E-state index is -6.13. The molecule has 0 heterocycles. The Kier molecular flexibility index (Phi) is 26.7. The fourth-order valence-electron chi connectivity index (χ4n) is 15.2. The van der Waals surface area contributed by atoms with Crippen LogP contribution in [0.25, 0.3) is 0 Å². The number of alkyl halides is 24. The van der Waals surface area contributed by atoms with E-state index in [0.717, 1.165) is 12.8 Å². The second kappa shape index (κ2) is 32.8. The zero-order valence-electron chi connectivity index (χ0n) is 64.0. The van der Waals surface area contributed by atoms with E-state index >= 15 is 0 Å². The van der Waals surface area contributed by atoms with Crippen molar-refractivity contribution < 1.29 is 125 Å². The molecule has 114 heavy (non-hydrogen) atoms. The molecular weight excluding hydrogens is 1740 g/mol.